The average Bonchev–Trinajstić information content (AvgIpc) is 3.44. The molecular weight excluding hydrogens is 552 g/mol. The fraction of sp³-hybridized carbons (Fsp3) is 0.281. The lowest BCUT2D eigenvalue weighted by atomic mass is 9.96. The third kappa shape index (κ3) is 5.54. The van der Waals surface area contributed by atoms with Gasteiger partial charge in [-0.15, -0.1) is 0 Å². The van der Waals surface area contributed by atoms with Gasteiger partial charge in [-0.25, -0.2) is 0 Å². The highest BCUT2D eigenvalue weighted by molar-refractivity contribution is 7.80. The molecule has 2 aromatic heterocycles. The van der Waals surface area contributed by atoms with E-state index in [0.717, 1.165) is 39.7 Å². The first-order chi connectivity index (χ1) is 19.6. The fourth-order valence-corrected chi connectivity index (χ4v) is 5.93. The minimum Gasteiger partial charge on any atom is -0.378 e. The summed E-state index contributed by atoms with van der Waals surface area (Å²) in [5.41, 5.74) is 7.92. The van der Waals surface area contributed by atoms with Crippen molar-refractivity contribution in [1.29, 1.82) is 0 Å². The average molecular weight is 587 g/mol. The number of aryl methyl sites for hydroxylation is 1. The van der Waals surface area contributed by atoms with Crippen molar-refractivity contribution >= 4 is 51.9 Å². The smallest absolute Gasteiger partial charge is 0.226 e. The zero-order valence-corrected chi connectivity index (χ0v) is 25.7. The molecule has 1 aliphatic rings. The van der Waals surface area contributed by atoms with Crippen LogP contribution >= 0.6 is 23.8 Å². The van der Waals surface area contributed by atoms with Gasteiger partial charge in [0.2, 0.25) is 5.91 Å². The molecule has 2 atom stereocenters. The number of amides is 1. The molecule has 9 heteroatoms. The van der Waals surface area contributed by atoms with Gasteiger partial charge in [0.15, 0.2) is 5.11 Å². The van der Waals surface area contributed by atoms with E-state index in [1.54, 1.807) is 6.20 Å². The van der Waals surface area contributed by atoms with E-state index in [0.29, 0.717) is 15.8 Å². The molecule has 0 radical (unpaired) electrons. The number of pyridine rings is 1. The van der Waals surface area contributed by atoms with E-state index in [1.807, 2.05) is 64.3 Å². The largest absolute Gasteiger partial charge is 0.378 e. The van der Waals surface area contributed by atoms with Gasteiger partial charge in [-0.05, 0) is 92.3 Å². The van der Waals surface area contributed by atoms with Gasteiger partial charge in [0, 0.05) is 54.7 Å². The summed E-state index contributed by atoms with van der Waals surface area (Å²) in [4.78, 5) is 21.2. The van der Waals surface area contributed by atoms with Crippen molar-refractivity contribution in [3.05, 3.63) is 101 Å². The molecule has 4 aromatic rings. The summed E-state index contributed by atoms with van der Waals surface area (Å²) >= 11 is 12.6. The second-order valence-corrected chi connectivity index (χ2v) is 11.7. The summed E-state index contributed by atoms with van der Waals surface area (Å²) in [7, 11) is 4.08. The van der Waals surface area contributed by atoms with Gasteiger partial charge in [0.1, 0.15) is 0 Å². The van der Waals surface area contributed by atoms with Crippen LogP contribution < -0.4 is 20.4 Å². The van der Waals surface area contributed by atoms with Crippen LogP contribution in [0.15, 0.2) is 72.9 Å². The summed E-state index contributed by atoms with van der Waals surface area (Å²) < 4.78 is 2.28. The Morgan fingerprint density at radius 1 is 1.05 bits per heavy atom. The normalized spacial score (nSPS) is 16.7. The lowest BCUT2D eigenvalue weighted by Gasteiger charge is -2.28. The lowest BCUT2D eigenvalue weighted by molar-refractivity contribution is -0.118. The Morgan fingerprint density at radius 2 is 1.76 bits per heavy atom. The second-order valence-electron chi connectivity index (χ2n) is 10.9. The van der Waals surface area contributed by atoms with Crippen LogP contribution in [0.3, 0.4) is 0 Å². The zero-order valence-electron chi connectivity index (χ0n) is 24.1. The van der Waals surface area contributed by atoms with E-state index in [4.69, 9.17) is 23.8 Å². The van der Waals surface area contributed by atoms with Crippen LogP contribution in [0, 0.1) is 19.8 Å². The van der Waals surface area contributed by atoms with Gasteiger partial charge < -0.3 is 25.0 Å². The Labute approximate surface area is 252 Å². The summed E-state index contributed by atoms with van der Waals surface area (Å²) in [6.07, 6.45) is 1.80. The summed E-state index contributed by atoms with van der Waals surface area (Å²) in [6.45, 7) is 7.97. The first kappa shape index (κ1) is 28.6. The van der Waals surface area contributed by atoms with E-state index in [9.17, 15) is 4.79 Å². The maximum absolute atomic E-state index is 12.3. The Bertz CT molecular complexity index is 1580. The highest BCUT2D eigenvalue weighted by Gasteiger charge is 2.42. The standard InChI is InChI=1S/C32H35ClN6OS/c1-19(2)31(40)35-27-15-14-24(18-26(27)33)39-30(29(36-32(39)41)28-9-7-8-16-34-28)25-17-20(3)38(21(25)4)23-12-10-22(11-13-23)37(5)6/h7-19,29-30H,1-6H3,(H,35,40)(H,36,41). The quantitative estimate of drug-likeness (QED) is 0.228. The van der Waals surface area contributed by atoms with Gasteiger partial charge in [0.05, 0.1) is 28.5 Å². The predicted molar refractivity (Wildman–Crippen MR) is 172 cm³/mol. The van der Waals surface area contributed by atoms with E-state index in [1.165, 1.54) is 0 Å². The van der Waals surface area contributed by atoms with E-state index in [-0.39, 0.29) is 23.9 Å². The number of thiocarbonyl (C=S) groups is 1. The van der Waals surface area contributed by atoms with Crippen molar-refractivity contribution in [2.45, 2.75) is 39.8 Å². The maximum Gasteiger partial charge on any atom is 0.226 e. The molecule has 1 amide bonds. The maximum atomic E-state index is 12.3. The number of nitrogens with zero attached hydrogens (tertiary/aromatic N) is 4. The number of halogens is 1. The number of carbonyl (C=O) groups is 1. The van der Waals surface area contributed by atoms with E-state index < -0.39 is 0 Å². The molecule has 0 spiro atoms. The van der Waals surface area contributed by atoms with Crippen LogP contribution in [-0.2, 0) is 4.79 Å². The predicted octanol–water partition coefficient (Wildman–Crippen LogP) is 6.98. The van der Waals surface area contributed by atoms with Crippen molar-refractivity contribution in [3.63, 3.8) is 0 Å². The molecule has 0 aliphatic carbocycles. The minimum atomic E-state index is -0.189. The fourth-order valence-electron chi connectivity index (χ4n) is 5.37. The number of anilines is 3. The second kappa shape index (κ2) is 11.5. The van der Waals surface area contributed by atoms with Crippen LogP contribution in [0.5, 0.6) is 0 Å². The van der Waals surface area contributed by atoms with E-state index >= 15 is 0 Å². The molecule has 2 N–H and O–H groups in total. The van der Waals surface area contributed by atoms with Gasteiger partial charge in [-0.2, -0.15) is 0 Å². The molecule has 0 bridgehead atoms. The molecule has 7 nitrogen and oxygen atoms in total. The Kier molecular flexibility index (Phi) is 8.07. The summed E-state index contributed by atoms with van der Waals surface area (Å²) in [5.74, 6) is -0.240. The van der Waals surface area contributed by atoms with Crippen LogP contribution in [0.4, 0.5) is 17.1 Å². The van der Waals surface area contributed by atoms with Gasteiger partial charge in [0.25, 0.3) is 0 Å². The monoisotopic (exact) mass is 586 g/mol. The minimum absolute atomic E-state index is 0.0860. The van der Waals surface area contributed by atoms with Gasteiger partial charge in [-0.3, -0.25) is 9.78 Å². The molecule has 212 valence electrons. The first-order valence-electron chi connectivity index (χ1n) is 13.6. The third-order valence-corrected chi connectivity index (χ3v) is 8.15. The number of carbonyl (C=O) groups excluding carboxylic acids is 1. The zero-order chi connectivity index (χ0) is 29.4. The van der Waals surface area contributed by atoms with Crippen LogP contribution in [0.1, 0.15) is 48.6 Å². The number of benzene rings is 2. The number of nitrogens with one attached hydrogen (secondary N) is 2. The summed E-state index contributed by atoms with van der Waals surface area (Å²) in [6, 6.07) is 22.0. The molecule has 41 heavy (non-hydrogen) atoms. The van der Waals surface area contributed by atoms with Gasteiger partial charge >= 0.3 is 0 Å². The van der Waals surface area contributed by atoms with Crippen molar-refractivity contribution in [1.82, 2.24) is 14.9 Å². The van der Waals surface area contributed by atoms with Crippen LogP contribution in [-0.4, -0.2) is 34.7 Å². The topological polar surface area (TPSA) is 65.4 Å². The number of aromatic nitrogens is 2. The molecule has 0 saturated carbocycles. The number of rotatable bonds is 7. The van der Waals surface area contributed by atoms with Crippen LogP contribution in [0.2, 0.25) is 5.02 Å². The molecule has 2 unspecified atom stereocenters. The number of hydrogen-bond acceptors (Lipinski definition) is 4. The lowest BCUT2D eigenvalue weighted by Crippen LogP contribution is -2.29. The molecule has 3 heterocycles. The third-order valence-electron chi connectivity index (χ3n) is 7.52. The van der Waals surface area contributed by atoms with Crippen LogP contribution in [0.25, 0.3) is 5.69 Å². The Morgan fingerprint density at radius 3 is 2.37 bits per heavy atom. The Balaban J connectivity index is 1.60. The summed E-state index contributed by atoms with van der Waals surface area (Å²) in [5, 5.41) is 7.48. The molecule has 1 fully saturated rings. The molecular formula is C32H35ClN6OS. The highest BCUT2D eigenvalue weighted by Crippen LogP contribution is 2.44. The SMILES string of the molecule is Cc1cc(C2C(c3ccccn3)NC(=S)N2c2ccc(NC(=O)C(C)C)c(Cl)c2)c(C)n1-c1ccc(N(C)C)cc1. The van der Waals surface area contributed by atoms with Crippen molar-refractivity contribution < 1.29 is 4.79 Å². The van der Waals surface area contributed by atoms with Crippen molar-refractivity contribution in [2.24, 2.45) is 5.92 Å². The van der Waals surface area contributed by atoms with Gasteiger partial charge in [-0.1, -0.05) is 31.5 Å². The highest BCUT2D eigenvalue weighted by atomic mass is 35.5. The number of hydrogen-bond donors (Lipinski definition) is 2. The van der Waals surface area contributed by atoms with Crippen molar-refractivity contribution in [3.8, 4) is 5.69 Å². The molecule has 2 aromatic carbocycles. The molecule has 5 rings (SSSR count). The first-order valence-corrected chi connectivity index (χ1v) is 14.4. The molecule has 1 aliphatic heterocycles. The Hall–Kier alpha value is -3.88. The molecule has 1 saturated heterocycles. The van der Waals surface area contributed by atoms with E-state index in [2.05, 4.69) is 74.2 Å². The van der Waals surface area contributed by atoms with Crippen molar-refractivity contribution in [2.75, 3.05) is 29.2 Å².